The summed E-state index contributed by atoms with van der Waals surface area (Å²) >= 11 is 0. The van der Waals surface area contributed by atoms with Crippen molar-refractivity contribution < 1.29 is 4.79 Å². The maximum Gasteiger partial charge on any atom is 0.234 e. The van der Waals surface area contributed by atoms with Crippen LogP contribution < -0.4 is 11.1 Å². The molecular weight excluding hydrogens is 214 g/mol. The van der Waals surface area contributed by atoms with Crippen molar-refractivity contribution in [2.75, 3.05) is 26.7 Å². The van der Waals surface area contributed by atoms with Gasteiger partial charge in [0, 0.05) is 19.6 Å². The van der Waals surface area contributed by atoms with Gasteiger partial charge >= 0.3 is 0 Å². The van der Waals surface area contributed by atoms with Gasteiger partial charge in [-0.1, -0.05) is 24.3 Å². The van der Waals surface area contributed by atoms with Crippen molar-refractivity contribution in [2.45, 2.75) is 13.5 Å². The van der Waals surface area contributed by atoms with Gasteiger partial charge in [-0.3, -0.25) is 9.69 Å². The van der Waals surface area contributed by atoms with E-state index < -0.39 is 0 Å². The first-order valence-corrected chi connectivity index (χ1v) is 5.83. The van der Waals surface area contributed by atoms with Crippen molar-refractivity contribution in [3.8, 4) is 0 Å². The van der Waals surface area contributed by atoms with Gasteiger partial charge in [-0.15, -0.1) is 0 Å². The molecule has 0 spiro atoms. The molecule has 1 aromatic carbocycles. The van der Waals surface area contributed by atoms with Crippen LogP contribution in [0.25, 0.3) is 0 Å². The third-order valence-corrected chi connectivity index (χ3v) is 2.58. The molecule has 0 heterocycles. The Bertz CT molecular complexity index is 365. The number of nitrogens with zero attached hydrogens (tertiary/aromatic N) is 1. The number of carbonyl (C=O) groups is 1. The van der Waals surface area contributed by atoms with Gasteiger partial charge in [0.2, 0.25) is 5.91 Å². The summed E-state index contributed by atoms with van der Waals surface area (Å²) < 4.78 is 0. The van der Waals surface area contributed by atoms with Crippen molar-refractivity contribution >= 4 is 5.91 Å². The molecule has 4 nitrogen and oxygen atoms in total. The molecular formula is C13H21N3O. The van der Waals surface area contributed by atoms with E-state index in [1.54, 1.807) is 0 Å². The predicted octanol–water partition coefficient (Wildman–Crippen LogP) is 0.502. The average molecular weight is 235 g/mol. The molecule has 0 saturated carbocycles. The van der Waals surface area contributed by atoms with Crippen LogP contribution in [0.15, 0.2) is 24.3 Å². The Hall–Kier alpha value is -1.39. The zero-order valence-corrected chi connectivity index (χ0v) is 10.6. The third kappa shape index (κ3) is 4.97. The molecule has 4 heteroatoms. The molecule has 0 aromatic heterocycles. The summed E-state index contributed by atoms with van der Waals surface area (Å²) in [7, 11) is 1.94. The van der Waals surface area contributed by atoms with E-state index in [-0.39, 0.29) is 5.91 Å². The quantitative estimate of drug-likeness (QED) is 0.755. The molecule has 1 rings (SSSR count). The highest BCUT2D eigenvalue weighted by atomic mass is 16.2. The van der Waals surface area contributed by atoms with Crippen LogP contribution in [0.5, 0.6) is 0 Å². The number of nitrogens with two attached hydrogens (primary N) is 1. The van der Waals surface area contributed by atoms with Gasteiger partial charge < -0.3 is 11.1 Å². The van der Waals surface area contributed by atoms with Crippen molar-refractivity contribution in [1.82, 2.24) is 10.2 Å². The monoisotopic (exact) mass is 235 g/mol. The molecule has 17 heavy (non-hydrogen) atoms. The second-order valence-electron chi connectivity index (χ2n) is 4.24. The summed E-state index contributed by atoms with van der Waals surface area (Å²) in [6, 6.07) is 8.21. The number of hydrogen-bond donors (Lipinski definition) is 2. The van der Waals surface area contributed by atoms with Crippen LogP contribution in [0.1, 0.15) is 11.1 Å². The van der Waals surface area contributed by atoms with E-state index in [1.807, 2.05) is 24.1 Å². The van der Waals surface area contributed by atoms with Gasteiger partial charge in [-0.05, 0) is 25.1 Å². The minimum absolute atomic E-state index is 0.0199. The fraction of sp³-hybridized carbons (Fsp3) is 0.462. The van der Waals surface area contributed by atoms with Crippen molar-refractivity contribution in [3.05, 3.63) is 35.4 Å². The van der Waals surface area contributed by atoms with Crippen molar-refractivity contribution in [2.24, 2.45) is 5.73 Å². The highest BCUT2D eigenvalue weighted by Gasteiger charge is 2.07. The van der Waals surface area contributed by atoms with Gasteiger partial charge in [0.25, 0.3) is 0 Å². The Kier molecular flexibility index (Phi) is 5.66. The van der Waals surface area contributed by atoms with E-state index in [1.165, 1.54) is 11.1 Å². The van der Waals surface area contributed by atoms with Crippen molar-refractivity contribution in [1.29, 1.82) is 0 Å². The lowest BCUT2D eigenvalue weighted by molar-refractivity contribution is -0.122. The lowest BCUT2D eigenvalue weighted by Crippen LogP contribution is -2.37. The summed E-state index contributed by atoms with van der Waals surface area (Å²) in [5.41, 5.74) is 7.83. The van der Waals surface area contributed by atoms with E-state index in [9.17, 15) is 4.79 Å². The van der Waals surface area contributed by atoms with Crippen LogP contribution in [0, 0.1) is 6.92 Å². The zero-order chi connectivity index (χ0) is 12.7. The van der Waals surface area contributed by atoms with Gasteiger partial charge in [-0.25, -0.2) is 0 Å². The lowest BCUT2D eigenvalue weighted by atomic mass is 10.1. The number of amides is 1. The van der Waals surface area contributed by atoms with Crippen LogP contribution >= 0.6 is 0 Å². The number of nitrogens with one attached hydrogen (secondary N) is 1. The number of hydrogen-bond acceptors (Lipinski definition) is 3. The molecule has 1 amide bonds. The second kappa shape index (κ2) is 7.04. The fourth-order valence-electron chi connectivity index (χ4n) is 1.65. The Morgan fingerprint density at radius 2 is 2.12 bits per heavy atom. The Morgan fingerprint density at radius 1 is 1.41 bits per heavy atom. The van der Waals surface area contributed by atoms with E-state index in [0.717, 1.165) is 6.54 Å². The molecule has 0 unspecified atom stereocenters. The fourth-order valence-corrected chi connectivity index (χ4v) is 1.65. The molecule has 0 saturated heterocycles. The van der Waals surface area contributed by atoms with Gasteiger partial charge in [-0.2, -0.15) is 0 Å². The highest BCUT2D eigenvalue weighted by Crippen LogP contribution is 2.08. The maximum atomic E-state index is 11.5. The topological polar surface area (TPSA) is 58.4 Å². The molecule has 1 aromatic rings. The minimum Gasteiger partial charge on any atom is -0.354 e. The van der Waals surface area contributed by atoms with Crippen molar-refractivity contribution in [3.63, 3.8) is 0 Å². The summed E-state index contributed by atoms with van der Waals surface area (Å²) in [5, 5.41) is 2.76. The molecule has 0 atom stereocenters. The standard InChI is InChI=1S/C13H21N3O/c1-11-5-3-4-6-12(11)9-16(2)10-13(17)15-8-7-14/h3-6H,7-10,14H2,1-2H3,(H,15,17). The predicted molar refractivity (Wildman–Crippen MR) is 69.6 cm³/mol. The van der Waals surface area contributed by atoms with Crippen LogP contribution in [0.2, 0.25) is 0 Å². The first-order chi connectivity index (χ1) is 8.13. The molecule has 0 radical (unpaired) electrons. The Balaban J connectivity index is 2.42. The SMILES string of the molecule is Cc1ccccc1CN(C)CC(=O)NCCN. The van der Waals surface area contributed by atoms with E-state index in [0.29, 0.717) is 19.6 Å². The summed E-state index contributed by atoms with van der Waals surface area (Å²) in [6.07, 6.45) is 0. The number of aryl methyl sites for hydroxylation is 1. The number of carbonyl (C=O) groups excluding carboxylic acids is 1. The molecule has 0 aliphatic heterocycles. The summed E-state index contributed by atoms with van der Waals surface area (Å²) in [4.78, 5) is 13.5. The minimum atomic E-state index is 0.0199. The van der Waals surface area contributed by atoms with Gasteiger partial charge in [0.1, 0.15) is 0 Å². The van der Waals surface area contributed by atoms with Crippen LogP contribution in [0.3, 0.4) is 0 Å². The zero-order valence-electron chi connectivity index (χ0n) is 10.6. The molecule has 0 fully saturated rings. The van der Waals surface area contributed by atoms with E-state index in [4.69, 9.17) is 5.73 Å². The normalized spacial score (nSPS) is 10.6. The largest absolute Gasteiger partial charge is 0.354 e. The molecule has 3 N–H and O–H groups in total. The highest BCUT2D eigenvalue weighted by molar-refractivity contribution is 5.77. The third-order valence-electron chi connectivity index (χ3n) is 2.58. The first kappa shape index (κ1) is 13.7. The van der Waals surface area contributed by atoms with Gasteiger partial charge in [0.05, 0.1) is 6.54 Å². The number of benzene rings is 1. The number of likely N-dealkylation sites (N-methyl/N-ethyl adjacent to an activating group) is 1. The number of rotatable bonds is 6. The van der Waals surface area contributed by atoms with Gasteiger partial charge in [0.15, 0.2) is 0 Å². The molecule has 94 valence electrons. The lowest BCUT2D eigenvalue weighted by Gasteiger charge is -2.17. The van der Waals surface area contributed by atoms with E-state index in [2.05, 4.69) is 24.4 Å². The first-order valence-electron chi connectivity index (χ1n) is 5.83. The Morgan fingerprint density at radius 3 is 2.76 bits per heavy atom. The van der Waals surface area contributed by atoms with Crippen LogP contribution in [-0.2, 0) is 11.3 Å². The smallest absolute Gasteiger partial charge is 0.234 e. The van der Waals surface area contributed by atoms with E-state index >= 15 is 0 Å². The summed E-state index contributed by atoms with van der Waals surface area (Å²) in [5.74, 6) is 0.0199. The Labute approximate surface area is 103 Å². The molecule has 0 bridgehead atoms. The average Bonchev–Trinajstić information content (AvgIpc) is 2.29. The maximum absolute atomic E-state index is 11.5. The second-order valence-corrected chi connectivity index (χ2v) is 4.24. The van der Waals surface area contributed by atoms with Crippen LogP contribution in [-0.4, -0.2) is 37.5 Å². The van der Waals surface area contributed by atoms with Crippen LogP contribution in [0.4, 0.5) is 0 Å². The summed E-state index contributed by atoms with van der Waals surface area (Å²) in [6.45, 7) is 4.28. The molecule has 0 aliphatic rings. The molecule has 0 aliphatic carbocycles.